The van der Waals surface area contributed by atoms with Crippen LogP contribution in [0.3, 0.4) is 0 Å². The van der Waals surface area contributed by atoms with Crippen molar-refractivity contribution in [3.8, 4) is 0 Å². The van der Waals surface area contributed by atoms with E-state index in [1.54, 1.807) is 12.1 Å². The minimum absolute atomic E-state index is 0. The molecule has 3 heterocycles. The van der Waals surface area contributed by atoms with Gasteiger partial charge in [-0.3, -0.25) is 0 Å². The molecule has 2 aromatic carbocycles. The van der Waals surface area contributed by atoms with Crippen molar-refractivity contribution >= 4 is 40.0 Å². The second-order valence-corrected chi connectivity index (χ2v) is 7.15. The van der Waals surface area contributed by atoms with Gasteiger partial charge in [-0.1, -0.05) is 30.3 Å². The summed E-state index contributed by atoms with van der Waals surface area (Å²) in [6.45, 7) is 2.62. The Morgan fingerprint density at radius 3 is 2.82 bits per heavy atom. The van der Waals surface area contributed by atoms with Crippen molar-refractivity contribution in [1.82, 2.24) is 14.9 Å². The number of rotatable bonds is 4. The van der Waals surface area contributed by atoms with Gasteiger partial charge in [0.25, 0.3) is 0 Å². The molecule has 0 aliphatic carbocycles. The van der Waals surface area contributed by atoms with E-state index < -0.39 is 0 Å². The Balaban J connectivity index is 0.00000192. The first-order valence-electron chi connectivity index (χ1n) is 9.37. The maximum absolute atomic E-state index is 13.6. The summed E-state index contributed by atoms with van der Waals surface area (Å²) in [5, 5.41) is 9.23. The van der Waals surface area contributed by atoms with Gasteiger partial charge in [0, 0.05) is 36.1 Å². The molecule has 1 fully saturated rings. The van der Waals surface area contributed by atoms with E-state index in [-0.39, 0.29) is 18.2 Å². The molecule has 4 aromatic rings. The maximum atomic E-state index is 13.6. The molecule has 1 saturated heterocycles. The normalized spacial score (nSPS) is 16.4. The average molecular weight is 397 g/mol. The second kappa shape index (κ2) is 7.78. The van der Waals surface area contributed by atoms with Crippen LogP contribution in [-0.2, 0) is 6.54 Å². The fraction of sp³-hybridized carbons (Fsp3) is 0.227. The topological polar surface area (TPSA) is 41.9 Å². The summed E-state index contributed by atoms with van der Waals surface area (Å²) in [6.07, 6.45) is 3.17. The summed E-state index contributed by atoms with van der Waals surface area (Å²) in [5.74, 6) is 0.724. The molecule has 1 aliphatic heterocycles. The van der Waals surface area contributed by atoms with Crippen LogP contribution in [-0.4, -0.2) is 28.7 Å². The lowest BCUT2D eigenvalue weighted by atomic mass is 10.1. The number of nitrogens with zero attached hydrogens (tertiary/aromatic N) is 2. The van der Waals surface area contributed by atoms with Crippen LogP contribution in [0.1, 0.15) is 12.0 Å². The molecule has 0 spiro atoms. The van der Waals surface area contributed by atoms with E-state index in [9.17, 15) is 4.39 Å². The molecular formula is C22H22ClFN4. The molecule has 0 radical (unpaired) electrons. The fourth-order valence-electron chi connectivity index (χ4n) is 3.96. The number of hydrogen-bond donors (Lipinski definition) is 2. The molecule has 0 amide bonds. The van der Waals surface area contributed by atoms with E-state index >= 15 is 0 Å². The highest BCUT2D eigenvalue weighted by atomic mass is 35.5. The molecule has 1 aliphatic rings. The standard InChI is InChI=1S/C22H21FN4.ClH/c23-16-5-3-4-15(12-16)14-27-11-9-19-21(27)18-6-1-2-7-20(18)26-22(19)25-17-8-10-24-13-17;/h1-7,9,11-12,17,24H,8,10,13-14H2,(H,25,26);1H/t17-;/m0./s1. The third-order valence-electron chi connectivity index (χ3n) is 5.25. The third kappa shape index (κ3) is 3.43. The van der Waals surface area contributed by atoms with Gasteiger partial charge in [-0.25, -0.2) is 9.37 Å². The number of para-hydroxylation sites is 1. The number of pyridine rings is 1. The minimum Gasteiger partial charge on any atom is -0.365 e. The molecule has 0 unspecified atom stereocenters. The van der Waals surface area contributed by atoms with Crippen molar-refractivity contribution in [2.24, 2.45) is 0 Å². The second-order valence-electron chi connectivity index (χ2n) is 7.15. The maximum Gasteiger partial charge on any atom is 0.136 e. The molecule has 6 heteroatoms. The smallest absolute Gasteiger partial charge is 0.136 e. The number of fused-ring (bicyclic) bond motifs is 3. The lowest BCUT2D eigenvalue weighted by Crippen LogP contribution is -2.22. The predicted octanol–water partition coefficient (Wildman–Crippen LogP) is 4.57. The van der Waals surface area contributed by atoms with Gasteiger partial charge in [0.2, 0.25) is 0 Å². The van der Waals surface area contributed by atoms with Crippen LogP contribution in [0.5, 0.6) is 0 Å². The zero-order valence-corrected chi connectivity index (χ0v) is 16.2. The Morgan fingerprint density at radius 2 is 2.00 bits per heavy atom. The van der Waals surface area contributed by atoms with E-state index in [0.29, 0.717) is 12.6 Å². The zero-order valence-electron chi connectivity index (χ0n) is 15.4. The Hall–Kier alpha value is -2.63. The first kappa shape index (κ1) is 18.7. The third-order valence-corrected chi connectivity index (χ3v) is 5.25. The molecule has 2 N–H and O–H groups in total. The molecule has 0 saturated carbocycles. The molecule has 0 bridgehead atoms. The number of halogens is 2. The number of anilines is 1. The average Bonchev–Trinajstić information content (AvgIpc) is 3.32. The van der Waals surface area contributed by atoms with Crippen LogP contribution in [0.25, 0.3) is 21.8 Å². The highest BCUT2D eigenvalue weighted by molar-refractivity contribution is 6.08. The van der Waals surface area contributed by atoms with Gasteiger partial charge in [-0.05, 0) is 42.8 Å². The number of benzene rings is 2. The Bertz CT molecular complexity index is 1120. The molecular weight excluding hydrogens is 375 g/mol. The van der Waals surface area contributed by atoms with Crippen molar-refractivity contribution in [3.63, 3.8) is 0 Å². The Labute approximate surface area is 169 Å². The summed E-state index contributed by atoms with van der Waals surface area (Å²) < 4.78 is 15.8. The lowest BCUT2D eigenvalue weighted by molar-refractivity contribution is 0.624. The summed E-state index contributed by atoms with van der Waals surface area (Å²) in [5.41, 5.74) is 3.05. The monoisotopic (exact) mass is 396 g/mol. The van der Waals surface area contributed by atoms with Gasteiger partial charge in [0.1, 0.15) is 11.6 Å². The summed E-state index contributed by atoms with van der Waals surface area (Å²) in [4.78, 5) is 4.89. The van der Waals surface area contributed by atoms with E-state index in [4.69, 9.17) is 4.98 Å². The van der Waals surface area contributed by atoms with Crippen molar-refractivity contribution < 1.29 is 4.39 Å². The highest BCUT2D eigenvalue weighted by Gasteiger charge is 2.18. The number of aromatic nitrogens is 2. The molecule has 144 valence electrons. The van der Waals surface area contributed by atoms with E-state index in [0.717, 1.165) is 52.7 Å². The van der Waals surface area contributed by atoms with E-state index in [1.165, 1.54) is 6.07 Å². The van der Waals surface area contributed by atoms with Crippen LogP contribution < -0.4 is 10.6 Å². The van der Waals surface area contributed by atoms with Gasteiger partial charge < -0.3 is 15.2 Å². The van der Waals surface area contributed by atoms with Crippen molar-refractivity contribution in [2.45, 2.75) is 19.0 Å². The lowest BCUT2D eigenvalue weighted by Gasteiger charge is -2.15. The Morgan fingerprint density at radius 1 is 1.11 bits per heavy atom. The van der Waals surface area contributed by atoms with Crippen molar-refractivity contribution in [2.75, 3.05) is 18.4 Å². The van der Waals surface area contributed by atoms with Gasteiger partial charge in [0.15, 0.2) is 0 Å². The van der Waals surface area contributed by atoms with Crippen LogP contribution in [0.15, 0.2) is 60.8 Å². The number of hydrogen-bond acceptors (Lipinski definition) is 3. The quantitative estimate of drug-likeness (QED) is 0.531. The van der Waals surface area contributed by atoms with E-state index in [2.05, 4.69) is 33.5 Å². The van der Waals surface area contributed by atoms with Crippen molar-refractivity contribution in [1.29, 1.82) is 0 Å². The molecule has 5 rings (SSSR count). The minimum atomic E-state index is -0.202. The molecule has 2 aromatic heterocycles. The summed E-state index contributed by atoms with van der Waals surface area (Å²) in [6, 6.07) is 17.5. The van der Waals surface area contributed by atoms with Crippen LogP contribution in [0.2, 0.25) is 0 Å². The molecule has 1 atom stereocenters. The first-order chi connectivity index (χ1) is 13.3. The summed E-state index contributed by atoms with van der Waals surface area (Å²) >= 11 is 0. The predicted molar refractivity (Wildman–Crippen MR) is 115 cm³/mol. The fourth-order valence-corrected chi connectivity index (χ4v) is 3.96. The van der Waals surface area contributed by atoms with Crippen LogP contribution in [0.4, 0.5) is 10.2 Å². The number of nitrogens with one attached hydrogen (secondary N) is 2. The van der Waals surface area contributed by atoms with Gasteiger partial charge >= 0.3 is 0 Å². The van der Waals surface area contributed by atoms with Gasteiger partial charge in [0.05, 0.1) is 11.0 Å². The van der Waals surface area contributed by atoms with Crippen molar-refractivity contribution in [3.05, 3.63) is 72.2 Å². The van der Waals surface area contributed by atoms with Crippen LogP contribution in [0, 0.1) is 5.82 Å². The first-order valence-corrected chi connectivity index (χ1v) is 9.37. The Kier molecular flexibility index (Phi) is 5.20. The SMILES string of the molecule is Cl.Fc1cccc(Cn2ccc3c(N[C@H]4CCNC4)nc4ccccc4c32)c1. The van der Waals surface area contributed by atoms with Gasteiger partial charge in [-0.2, -0.15) is 0 Å². The highest BCUT2D eigenvalue weighted by Crippen LogP contribution is 2.31. The van der Waals surface area contributed by atoms with E-state index in [1.807, 2.05) is 24.3 Å². The van der Waals surface area contributed by atoms with Crippen LogP contribution >= 0.6 is 12.4 Å². The zero-order chi connectivity index (χ0) is 18.2. The largest absolute Gasteiger partial charge is 0.365 e. The van der Waals surface area contributed by atoms with Gasteiger partial charge in [-0.15, -0.1) is 12.4 Å². The summed E-state index contributed by atoms with van der Waals surface area (Å²) in [7, 11) is 0. The molecule has 28 heavy (non-hydrogen) atoms. The molecule has 4 nitrogen and oxygen atoms in total.